The molecular weight excluding hydrogens is 348 g/mol. The van der Waals surface area contributed by atoms with Gasteiger partial charge in [0.2, 0.25) is 0 Å². The molecule has 2 amide bonds. The van der Waals surface area contributed by atoms with Crippen LogP contribution in [0.1, 0.15) is 17.9 Å². The first-order chi connectivity index (χ1) is 12.6. The lowest BCUT2D eigenvalue weighted by atomic mass is 9.97. The summed E-state index contributed by atoms with van der Waals surface area (Å²) in [5, 5.41) is 2.98. The smallest absolute Gasteiger partial charge is 0.321 e. The molecule has 0 spiro atoms. The van der Waals surface area contributed by atoms with Gasteiger partial charge in [-0.25, -0.2) is 4.79 Å². The van der Waals surface area contributed by atoms with Crippen molar-refractivity contribution in [2.75, 3.05) is 38.9 Å². The zero-order chi connectivity index (χ0) is 18.5. The Morgan fingerprint density at radius 3 is 2.58 bits per heavy atom. The average molecular weight is 372 g/mol. The molecule has 138 valence electrons. The first kappa shape index (κ1) is 18.5. The van der Waals surface area contributed by atoms with Gasteiger partial charge in [0.1, 0.15) is 11.5 Å². The van der Waals surface area contributed by atoms with Crippen LogP contribution in [0.5, 0.6) is 11.5 Å². The second-order valence-corrected chi connectivity index (χ2v) is 7.08. The van der Waals surface area contributed by atoms with E-state index in [1.54, 1.807) is 26.0 Å². The van der Waals surface area contributed by atoms with Crippen molar-refractivity contribution in [2.45, 2.75) is 17.2 Å². The molecule has 1 aliphatic rings. The number of hydrogen-bond donors (Lipinski definition) is 1. The predicted molar refractivity (Wildman–Crippen MR) is 106 cm³/mol. The highest BCUT2D eigenvalue weighted by atomic mass is 32.2. The second-order valence-electron chi connectivity index (χ2n) is 6.20. The fraction of sp³-hybridized carbons (Fsp3) is 0.350. The molecule has 1 atom stereocenters. The number of likely N-dealkylation sites (tertiary alicyclic amines) is 1. The molecule has 5 nitrogen and oxygen atoms in total. The average Bonchev–Trinajstić information content (AvgIpc) is 3.18. The van der Waals surface area contributed by atoms with Crippen molar-refractivity contribution in [3.05, 3.63) is 48.0 Å². The van der Waals surface area contributed by atoms with E-state index < -0.39 is 0 Å². The number of hydrogen-bond acceptors (Lipinski definition) is 4. The van der Waals surface area contributed by atoms with Crippen LogP contribution in [-0.4, -0.2) is 44.5 Å². The highest BCUT2D eigenvalue weighted by Crippen LogP contribution is 2.36. The molecular formula is C20H24N2O3S. The molecule has 0 bridgehead atoms. The van der Waals surface area contributed by atoms with E-state index in [2.05, 4.69) is 5.32 Å². The Kier molecular flexibility index (Phi) is 5.93. The van der Waals surface area contributed by atoms with Crippen molar-refractivity contribution >= 4 is 23.5 Å². The van der Waals surface area contributed by atoms with E-state index in [4.69, 9.17) is 9.47 Å². The summed E-state index contributed by atoms with van der Waals surface area (Å²) < 4.78 is 10.8. The molecule has 0 saturated carbocycles. The Hall–Kier alpha value is -2.34. The standard InChI is InChI=1S/C20H24N2O3S/c1-24-16-6-9-19(25-2)18(12-16)14-10-11-22(13-14)20(23)21-15-4-7-17(26-3)8-5-15/h4-9,12,14H,10-11,13H2,1-3H3,(H,21,23)/t14-/m0/s1. The fourth-order valence-corrected chi connectivity index (χ4v) is 3.64. The quantitative estimate of drug-likeness (QED) is 0.788. The van der Waals surface area contributed by atoms with Crippen molar-refractivity contribution in [3.8, 4) is 11.5 Å². The van der Waals surface area contributed by atoms with Gasteiger partial charge in [-0.15, -0.1) is 11.8 Å². The fourth-order valence-electron chi connectivity index (χ4n) is 3.23. The van der Waals surface area contributed by atoms with Gasteiger partial charge < -0.3 is 19.7 Å². The zero-order valence-electron chi connectivity index (χ0n) is 15.3. The zero-order valence-corrected chi connectivity index (χ0v) is 16.1. The summed E-state index contributed by atoms with van der Waals surface area (Å²) in [4.78, 5) is 15.6. The third-order valence-electron chi connectivity index (χ3n) is 4.69. The summed E-state index contributed by atoms with van der Waals surface area (Å²) >= 11 is 1.68. The number of methoxy groups -OCH3 is 2. The number of rotatable bonds is 5. The molecule has 0 radical (unpaired) electrons. The van der Waals surface area contributed by atoms with Crippen molar-refractivity contribution in [2.24, 2.45) is 0 Å². The van der Waals surface area contributed by atoms with Crippen LogP contribution in [0.4, 0.5) is 10.5 Å². The monoisotopic (exact) mass is 372 g/mol. The molecule has 0 aliphatic carbocycles. The highest BCUT2D eigenvalue weighted by Gasteiger charge is 2.29. The van der Waals surface area contributed by atoms with Crippen molar-refractivity contribution in [1.29, 1.82) is 0 Å². The van der Waals surface area contributed by atoms with E-state index in [9.17, 15) is 4.79 Å². The second kappa shape index (κ2) is 8.36. The van der Waals surface area contributed by atoms with E-state index in [0.717, 1.165) is 35.7 Å². The summed E-state index contributed by atoms with van der Waals surface area (Å²) in [5.41, 5.74) is 1.90. The Labute approximate surface area is 158 Å². The number of carbonyl (C=O) groups excluding carboxylic acids is 1. The lowest BCUT2D eigenvalue weighted by Gasteiger charge is -2.19. The molecule has 1 fully saturated rings. The normalized spacial score (nSPS) is 16.4. The summed E-state index contributed by atoms with van der Waals surface area (Å²) in [6, 6.07) is 13.6. The van der Waals surface area contributed by atoms with Crippen LogP contribution in [-0.2, 0) is 0 Å². The molecule has 1 heterocycles. The molecule has 2 aromatic rings. The number of nitrogens with one attached hydrogen (secondary N) is 1. The maximum atomic E-state index is 12.6. The van der Waals surface area contributed by atoms with Crippen LogP contribution < -0.4 is 14.8 Å². The Morgan fingerprint density at radius 2 is 1.92 bits per heavy atom. The van der Waals surface area contributed by atoms with Gasteiger partial charge in [-0.05, 0) is 55.1 Å². The summed E-state index contributed by atoms with van der Waals surface area (Å²) in [7, 11) is 3.32. The van der Waals surface area contributed by atoms with E-state index >= 15 is 0 Å². The first-order valence-electron chi connectivity index (χ1n) is 8.56. The van der Waals surface area contributed by atoms with Crippen LogP contribution in [0.3, 0.4) is 0 Å². The van der Waals surface area contributed by atoms with Gasteiger partial charge in [0.25, 0.3) is 0 Å². The van der Waals surface area contributed by atoms with Crippen LogP contribution in [0.15, 0.2) is 47.4 Å². The van der Waals surface area contributed by atoms with E-state index in [-0.39, 0.29) is 11.9 Å². The molecule has 0 unspecified atom stereocenters. The maximum Gasteiger partial charge on any atom is 0.321 e. The van der Waals surface area contributed by atoms with E-state index in [1.807, 2.05) is 53.6 Å². The van der Waals surface area contributed by atoms with Crippen LogP contribution in [0.2, 0.25) is 0 Å². The highest BCUT2D eigenvalue weighted by molar-refractivity contribution is 7.98. The third kappa shape index (κ3) is 4.07. The molecule has 1 saturated heterocycles. The topological polar surface area (TPSA) is 50.8 Å². The van der Waals surface area contributed by atoms with Crippen LogP contribution in [0.25, 0.3) is 0 Å². The third-order valence-corrected chi connectivity index (χ3v) is 5.44. The summed E-state index contributed by atoms with van der Waals surface area (Å²) in [5.74, 6) is 1.88. The number of amides is 2. The van der Waals surface area contributed by atoms with Crippen LogP contribution >= 0.6 is 11.8 Å². The van der Waals surface area contributed by atoms with E-state index in [1.165, 1.54) is 4.90 Å². The van der Waals surface area contributed by atoms with Gasteiger partial charge in [0.15, 0.2) is 0 Å². The maximum absolute atomic E-state index is 12.6. The lowest BCUT2D eigenvalue weighted by molar-refractivity contribution is 0.222. The number of carbonyl (C=O) groups is 1. The Morgan fingerprint density at radius 1 is 1.15 bits per heavy atom. The predicted octanol–water partition coefficient (Wildman–Crippen LogP) is 4.45. The van der Waals surface area contributed by atoms with Gasteiger partial charge in [0, 0.05) is 35.2 Å². The minimum atomic E-state index is -0.0636. The van der Waals surface area contributed by atoms with Gasteiger partial charge in [0.05, 0.1) is 14.2 Å². The van der Waals surface area contributed by atoms with E-state index in [0.29, 0.717) is 6.54 Å². The number of nitrogens with zero attached hydrogens (tertiary/aromatic N) is 1. The number of thioether (sulfide) groups is 1. The van der Waals surface area contributed by atoms with Crippen molar-refractivity contribution in [1.82, 2.24) is 4.90 Å². The molecule has 1 aliphatic heterocycles. The summed E-state index contributed by atoms with van der Waals surface area (Å²) in [6.07, 6.45) is 2.94. The number of urea groups is 1. The van der Waals surface area contributed by atoms with Gasteiger partial charge in [-0.1, -0.05) is 0 Å². The lowest BCUT2D eigenvalue weighted by Crippen LogP contribution is -2.32. The minimum Gasteiger partial charge on any atom is -0.497 e. The SMILES string of the molecule is COc1ccc(OC)c([C@H]2CCN(C(=O)Nc3ccc(SC)cc3)C2)c1. The van der Waals surface area contributed by atoms with Gasteiger partial charge >= 0.3 is 6.03 Å². The van der Waals surface area contributed by atoms with Gasteiger partial charge in [-0.3, -0.25) is 0 Å². The molecule has 1 N–H and O–H groups in total. The molecule has 3 rings (SSSR count). The van der Waals surface area contributed by atoms with Gasteiger partial charge in [-0.2, -0.15) is 0 Å². The minimum absolute atomic E-state index is 0.0636. The summed E-state index contributed by atoms with van der Waals surface area (Å²) in [6.45, 7) is 1.39. The van der Waals surface area contributed by atoms with Crippen molar-refractivity contribution < 1.29 is 14.3 Å². The first-order valence-corrected chi connectivity index (χ1v) is 9.79. The molecule has 6 heteroatoms. The Balaban J connectivity index is 1.67. The largest absolute Gasteiger partial charge is 0.497 e. The number of anilines is 1. The number of benzene rings is 2. The van der Waals surface area contributed by atoms with Crippen LogP contribution in [0, 0.1) is 0 Å². The molecule has 2 aromatic carbocycles. The number of ether oxygens (including phenoxy) is 2. The molecule has 26 heavy (non-hydrogen) atoms. The Bertz CT molecular complexity index is 764. The molecule has 0 aromatic heterocycles. The van der Waals surface area contributed by atoms with Crippen molar-refractivity contribution in [3.63, 3.8) is 0 Å².